The molecule has 6 atom stereocenters. The molecule has 0 heterocycles. The van der Waals surface area contributed by atoms with E-state index in [0.29, 0.717) is 24.8 Å². The Hall–Kier alpha value is -0.870. The van der Waals surface area contributed by atoms with Crippen LogP contribution in [0.4, 0.5) is 0 Å². The molecule has 0 aromatic rings. The number of rotatable bonds is 16. The van der Waals surface area contributed by atoms with Crippen LogP contribution >= 0.6 is 12.6 Å². The molecule has 0 aliphatic carbocycles. The van der Waals surface area contributed by atoms with Crippen LogP contribution in [0.2, 0.25) is 0 Å². The van der Waals surface area contributed by atoms with Crippen LogP contribution in [-0.4, -0.2) is 71.7 Å². The zero-order valence-corrected chi connectivity index (χ0v) is 18.5. The number of nitrogens with one attached hydrogen (secondary N) is 3. The summed E-state index contributed by atoms with van der Waals surface area (Å²) in [6.07, 6.45) is 1.73. The maximum Gasteiger partial charge on any atom is 0.326 e. The van der Waals surface area contributed by atoms with E-state index in [1.54, 1.807) is 0 Å². The second-order valence-corrected chi connectivity index (χ2v) is 7.89. The lowest BCUT2D eigenvalue weighted by Gasteiger charge is -2.30. The minimum absolute atomic E-state index is 0.0209. The molecular weight excluding hydrogens is 380 g/mol. The third kappa shape index (κ3) is 10.1. The first-order valence-electron chi connectivity index (χ1n) is 10.2. The lowest BCUT2D eigenvalue weighted by molar-refractivity contribution is -0.142. The van der Waals surface area contributed by atoms with Crippen molar-refractivity contribution in [1.82, 2.24) is 16.0 Å². The van der Waals surface area contributed by atoms with Crippen LogP contribution in [-0.2, 0) is 9.59 Å². The van der Waals surface area contributed by atoms with E-state index in [0.717, 1.165) is 12.8 Å². The Balaban J connectivity index is 5.07. The number of hydrogen-bond donors (Lipinski definition) is 7. The van der Waals surface area contributed by atoms with Crippen molar-refractivity contribution in [3.8, 4) is 0 Å². The van der Waals surface area contributed by atoms with Crippen molar-refractivity contribution in [3.05, 3.63) is 0 Å². The number of thiol groups is 1. The summed E-state index contributed by atoms with van der Waals surface area (Å²) in [5, 5.41) is 27.6. The highest BCUT2D eigenvalue weighted by Crippen LogP contribution is 2.12. The van der Waals surface area contributed by atoms with E-state index in [2.05, 4.69) is 42.4 Å². The number of aliphatic hydroxyl groups is 1. The van der Waals surface area contributed by atoms with E-state index in [9.17, 15) is 14.7 Å². The average molecular weight is 421 g/mol. The maximum absolute atomic E-state index is 12.7. The van der Waals surface area contributed by atoms with E-state index in [-0.39, 0.29) is 36.9 Å². The topological polar surface area (TPSA) is 137 Å². The average Bonchev–Trinajstić information content (AvgIpc) is 2.68. The summed E-state index contributed by atoms with van der Waals surface area (Å²) in [7, 11) is 0. The Labute approximate surface area is 174 Å². The second-order valence-electron chi connectivity index (χ2n) is 7.53. The molecule has 0 bridgehead atoms. The summed E-state index contributed by atoms with van der Waals surface area (Å²) >= 11 is 4.21. The summed E-state index contributed by atoms with van der Waals surface area (Å²) in [6, 6.07) is -1.53. The van der Waals surface area contributed by atoms with Gasteiger partial charge < -0.3 is 31.9 Å². The lowest BCUT2D eigenvalue weighted by atomic mass is 9.95. The maximum atomic E-state index is 12.7. The van der Waals surface area contributed by atoms with Crippen LogP contribution in [0.1, 0.15) is 47.0 Å². The van der Waals surface area contributed by atoms with Crippen LogP contribution in [0.25, 0.3) is 0 Å². The Bertz CT molecular complexity index is 456. The molecule has 7 N–H and O–H groups in total. The van der Waals surface area contributed by atoms with Crippen LogP contribution in [0.5, 0.6) is 0 Å². The van der Waals surface area contributed by atoms with Crippen molar-refractivity contribution < 1.29 is 19.8 Å². The first kappa shape index (κ1) is 27.1. The molecule has 8 nitrogen and oxygen atoms in total. The molecule has 0 spiro atoms. The van der Waals surface area contributed by atoms with Gasteiger partial charge in [-0.25, -0.2) is 4.79 Å². The third-order valence-electron chi connectivity index (χ3n) is 5.29. The number of aliphatic carboxylic acids is 1. The largest absolute Gasteiger partial charge is 0.480 e. The van der Waals surface area contributed by atoms with Gasteiger partial charge in [0, 0.05) is 44.0 Å². The first-order valence-corrected chi connectivity index (χ1v) is 10.8. The van der Waals surface area contributed by atoms with Crippen LogP contribution in [0, 0.1) is 11.8 Å². The minimum atomic E-state index is -1.15. The zero-order valence-electron chi connectivity index (χ0n) is 17.6. The summed E-state index contributed by atoms with van der Waals surface area (Å²) in [6.45, 7) is 9.11. The first-order chi connectivity index (χ1) is 13.2. The van der Waals surface area contributed by atoms with Crippen LogP contribution < -0.4 is 21.7 Å². The van der Waals surface area contributed by atoms with Gasteiger partial charge in [-0.3, -0.25) is 4.79 Å². The molecule has 5 unspecified atom stereocenters. The van der Waals surface area contributed by atoms with Crippen molar-refractivity contribution in [2.24, 2.45) is 17.6 Å². The molecule has 0 saturated carbocycles. The molecule has 0 aliphatic rings. The number of amides is 1. The number of carbonyl (C=O) groups is 2. The highest BCUT2D eigenvalue weighted by atomic mass is 32.1. The van der Waals surface area contributed by atoms with Gasteiger partial charge in [0.1, 0.15) is 6.04 Å². The van der Waals surface area contributed by atoms with Crippen molar-refractivity contribution in [2.75, 3.05) is 25.4 Å². The fourth-order valence-electron chi connectivity index (χ4n) is 2.82. The van der Waals surface area contributed by atoms with Gasteiger partial charge in [-0.05, 0) is 11.8 Å². The van der Waals surface area contributed by atoms with E-state index in [1.165, 1.54) is 0 Å². The molecule has 0 aromatic heterocycles. The normalized spacial score (nSPS) is 18.0. The quantitative estimate of drug-likeness (QED) is 0.177. The molecule has 166 valence electrons. The lowest BCUT2D eigenvalue weighted by Crippen LogP contribution is -2.56. The fraction of sp³-hybridized carbons (Fsp3) is 0.895. The smallest absolute Gasteiger partial charge is 0.326 e. The Morgan fingerprint density at radius 3 is 2.14 bits per heavy atom. The SMILES string of the molecule is CCC(C)C(CNC(C(=O)NC(CCO)C(=O)O)C(C)CC)NC[C@H](N)CS. The number of aliphatic hydroxyl groups excluding tert-OH is 1. The summed E-state index contributed by atoms with van der Waals surface area (Å²) in [5.74, 6) is -0.509. The number of nitrogens with two attached hydrogens (primary N) is 1. The molecule has 0 aliphatic heterocycles. The van der Waals surface area contributed by atoms with Crippen LogP contribution in [0.15, 0.2) is 0 Å². The Kier molecular flexibility index (Phi) is 14.6. The van der Waals surface area contributed by atoms with Gasteiger partial charge >= 0.3 is 5.97 Å². The number of hydrogen-bond acceptors (Lipinski definition) is 7. The predicted molar refractivity (Wildman–Crippen MR) is 116 cm³/mol. The van der Waals surface area contributed by atoms with E-state index >= 15 is 0 Å². The van der Waals surface area contributed by atoms with Gasteiger partial charge in [-0.15, -0.1) is 0 Å². The standard InChI is InChI=1S/C19H40N4O4S/c1-5-12(3)16(21-9-14(20)11-28)10-22-17(13(4)6-2)18(25)23-15(7-8-24)19(26)27/h12-17,21-22,24,28H,5-11,20H2,1-4H3,(H,23,25)(H,26,27)/t12?,13?,14-,15?,16?,17?/m0/s1. The number of carboxylic acid groups (broad SMARTS) is 1. The van der Waals surface area contributed by atoms with Crippen molar-refractivity contribution in [3.63, 3.8) is 0 Å². The molecule has 1 amide bonds. The molecule has 0 aromatic carbocycles. The highest BCUT2D eigenvalue weighted by Gasteiger charge is 2.29. The van der Waals surface area contributed by atoms with Gasteiger partial charge in [0.05, 0.1) is 6.04 Å². The van der Waals surface area contributed by atoms with Gasteiger partial charge in [0.2, 0.25) is 5.91 Å². The number of carboxylic acids is 1. The summed E-state index contributed by atoms with van der Waals surface area (Å²) in [4.78, 5) is 24.0. The fourth-order valence-corrected chi connectivity index (χ4v) is 2.95. The van der Waals surface area contributed by atoms with Crippen molar-refractivity contribution >= 4 is 24.5 Å². The van der Waals surface area contributed by atoms with Gasteiger partial charge in [0.15, 0.2) is 0 Å². The zero-order chi connectivity index (χ0) is 21.7. The van der Waals surface area contributed by atoms with Crippen LogP contribution in [0.3, 0.4) is 0 Å². The minimum Gasteiger partial charge on any atom is -0.480 e. The van der Waals surface area contributed by atoms with E-state index in [4.69, 9.17) is 10.8 Å². The van der Waals surface area contributed by atoms with Gasteiger partial charge in [-0.2, -0.15) is 12.6 Å². The third-order valence-corrected chi connectivity index (χ3v) is 5.76. The van der Waals surface area contributed by atoms with Crippen molar-refractivity contribution in [1.29, 1.82) is 0 Å². The Morgan fingerprint density at radius 2 is 1.68 bits per heavy atom. The van der Waals surface area contributed by atoms with E-state index in [1.807, 2.05) is 13.8 Å². The summed E-state index contributed by atoms with van der Waals surface area (Å²) < 4.78 is 0. The number of carbonyl (C=O) groups excluding carboxylic acids is 1. The Morgan fingerprint density at radius 1 is 1.07 bits per heavy atom. The van der Waals surface area contributed by atoms with Gasteiger partial charge in [0.25, 0.3) is 0 Å². The molecule has 28 heavy (non-hydrogen) atoms. The molecule has 0 radical (unpaired) electrons. The van der Waals surface area contributed by atoms with E-state index < -0.39 is 18.1 Å². The monoisotopic (exact) mass is 420 g/mol. The second kappa shape index (κ2) is 15.0. The summed E-state index contributed by atoms with van der Waals surface area (Å²) in [5.41, 5.74) is 5.95. The predicted octanol–water partition coefficient (Wildman–Crippen LogP) is 0.204. The molecule has 0 rings (SSSR count). The molecule has 0 fully saturated rings. The highest BCUT2D eigenvalue weighted by molar-refractivity contribution is 7.80. The molecular formula is C19H40N4O4S. The van der Waals surface area contributed by atoms with Gasteiger partial charge in [-0.1, -0.05) is 40.5 Å². The molecule has 0 saturated heterocycles. The molecule has 9 heteroatoms. The van der Waals surface area contributed by atoms with Crippen molar-refractivity contribution in [2.45, 2.75) is 71.1 Å².